The van der Waals surface area contributed by atoms with E-state index in [4.69, 9.17) is 4.99 Å². The van der Waals surface area contributed by atoms with Crippen molar-refractivity contribution in [2.24, 2.45) is 17.5 Å². The maximum absolute atomic E-state index is 4.94. The van der Waals surface area contributed by atoms with Crippen LogP contribution in [0, 0.1) is 5.41 Å². The summed E-state index contributed by atoms with van der Waals surface area (Å²) in [6.07, 6.45) is 3.19. The van der Waals surface area contributed by atoms with Crippen molar-refractivity contribution in [1.82, 2.24) is 20.0 Å². The lowest BCUT2D eigenvalue weighted by atomic mass is 9.93. The number of hydrogen-bond donors (Lipinski definition) is 1. The average molecular weight is 319 g/mol. The molecule has 130 valence electrons. The third kappa shape index (κ3) is 4.06. The van der Waals surface area contributed by atoms with Crippen LogP contribution in [0.2, 0.25) is 0 Å². The van der Waals surface area contributed by atoms with E-state index in [1.54, 1.807) is 0 Å². The van der Waals surface area contributed by atoms with Crippen molar-refractivity contribution in [2.45, 2.75) is 60.4 Å². The highest BCUT2D eigenvalue weighted by molar-refractivity contribution is 5.80. The largest absolute Gasteiger partial charge is 0.357 e. The first kappa shape index (κ1) is 17.8. The van der Waals surface area contributed by atoms with Crippen molar-refractivity contribution in [3.05, 3.63) is 17.0 Å². The van der Waals surface area contributed by atoms with Crippen molar-refractivity contribution >= 4 is 5.96 Å². The van der Waals surface area contributed by atoms with Crippen molar-refractivity contribution in [2.75, 3.05) is 19.6 Å². The number of aryl methyl sites for hydroxylation is 2. The fourth-order valence-electron chi connectivity index (χ4n) is 3.45. The number of guanidine groups is 1. The Bertz CT molecular complexity index is 556. The van der Waals surface area contributed by atoms with E-state index in [-0.39, 0.29) is 0 Å². The molecule has 0 bridgehead atoms. The van der Waals surface area contributed by atoms with Gasteiger partial charge in [-0.25, -0.2) is 4.99 Å². The predicted octanol–water partition coefficient (Wildman–Crippen LogP) is 2.74. The van der Waals surface area contributed by atoms with Gasteiger partial charge in [0, 0.05) is 37.9 Å². The highest BCUT2D eigenvalue weighted by atomic mass is 15.3. The van der Waals surface area contributed by atoms with Crippen molar-refractivity contribution in [3.8, 4) is 0 Å². The summed E-state index contributed by atoms with van der Waals surface area (Å²) >= 11 is 0. The lowest BCUT2D eigenvalue weighted by Crippen LogP contribution is -2.40. The Morgan fingerprint density at radius 3 is 2.52 bits per heavy atom. The minimum absolute atomic E-state index is 0.383. The maximum atomic E-state index is 4.94. The summed E-state index contributed by atoms with van der Waals surface area (Å²) in [6, 6.07) is 0. The molecule has 0 radical (unpaired) electrons. The smallest absolute Gasteiger partial charge is 0.194 e. The summed E-state index contributed by atoms with van der Waals surface area (Å²) in [5.41, 5.74) is 4.19. The zero-order valence-electron chi connectivity index (χ0n) is 15.7. The lowest BCUT2D eigenvalue weighted by Gasteiger charge is -2.23. The molecule has 0 unspecified atom stereocenters. The molecule has 1 aliphatic rings. The molecule has 5 heteroatoms. The van der Waals surface area contributed by atoms with Crippen molar-refractivity contribution < 1.29 is 0 Å². The number of nitrogens with zero attached hydrogens (tertiary/aromatic N) is 4. The second kappa shape index (κ2) is 7.37. The molecule has 0 atom stereocenters. The topological polar surface area (TPSA) is 45.5 Å². The van der Waals surface area contributed by atoms with Gasteiger partial charge >= 0.3 is 0 Å². The maximum Gasteiger partial charge on any atom is 0.194 e. The summed E-state index contributed by atoms with van der Waals surface area (Å²) in [4.78, 5) is 7.34. The number of aliphatic imine (C=N–C) groups is 1. The Labute approximate surface area is 141 Å². The molecule has 0 aliphatic carbocycles. The van der Waals surface area contributed by atoms with Gasteiger partial charge in [0.25, 0.3) is 0 Å². The predicted molar refractivity (Wildman–Crippen MR) is 96.8 cm³/mol. The van der Waals surface area contributed by atoms with E-state index in [1.165, 1.54) is 23.4 Å². The molecule has 0 spiro atoms. The Hall–Kier alpha value is -1.52. The van der Waals surface area contributed by atoms with Crippen LogP contribution in [0.15, 0.2) is 4.99 Å². The van der Waals surface area contributed by atoms with Gasteiger partial charge in [-0.05, 0) is 31.6 Å². The molecule has 0 saturated carbocycles. The minimum atomic E-state index is 0.383. The van der Waals surface area contributed by atoms with Gasteiger partial charge in [-0.15, -0.1) is 0 Å². The average Bonchev–Trinajstić information content (AvgIpc) is 3.02. The Morgan fingerprint density at radius 2 is 2.00 bits per heavy atom. The van der Waals surface area contributed by atoms with E-state index in [2.05, 4.69) is 49.9 Å². The van der Waals surface area contributed by atoms with Crippen LogP contribution in [-0.4, -0.2) is 40.3 Å². The van der Waals surface area contributed by atoms with E-state index in [0.717, 1.165) is 45.0 Å². The fourth-order valence-corrected chi connectivity index (χ4v) is 3.45. The first-order valence-electron chi connectivity index (χ1n) is 8.98. The second-order valence-electron chi connectivity index (χ2n) is 7.21. The molecule has 1 N–H and O–H groups in total. The molecule has 2 rings (SSSR count). The van der Waals surface area contributed by atoms with E-state index in [9.17, 15) is 0 Å². The summed E-state index contributed by atoms with van der Waals surface area (Å²) in [7, 11) is 2.04. The van der Waals surface area contributed by atoms with Crippen molar-refractivity contribution in [3.63, 3.8) is 0 Å². The van der Waals surface area contributed by atoms with Gasteiger partial charge in [-0.3, -0.25) is 4.68 Å². The quantitative estimate of drug-likeness (QED) is 0.670. The van der Waals surface area contributed by atoms with Gasteiger partial charge in [0.05, 0.1) is 12.2 Å². The van der Waals surface area contributed by atoms with Crippen LogP contribution in [0.5, 0.6) is 0 Å². The third-order valence-corrected chi connectivity index (χ3v) is 4.73. The second-order valence-corrected chi connectivity index (χ2v) is 7.21. The summed E-state index contributed by atoms with van der Waals surface area (Å²) in [5, 5.41) is 8.12. The van der Waals surface area contributed by atoms with Crippen LogP contribution in [0.4, 0.5) is 0 Å². The van der Waals surface area contributed by atoms with Crippen LogP contribution >= 0.6 is 0 Å². The number of aromatic nitrogens is 2. The molecule has 1 aromatic heterocycles. The molecule has 0 aromatic carbocycles. The van der Waals surface area contributed by atoms with Crippen LogP contribution in [0.1, 0.15) is 58.0 Å². The van der Waals surface area contributed by atoms with Gasteiger partial charge in [-0.1, -0.05) is 27.7 Å². The first-order chi connectivity index (χ1) is 10.9. The Kier molecular flexibility index (Phi) is 5.71. The van der Waals surface area contributed by atoms with Crippen molar-refractivity contribution in [1.29, 1.82) is 0 Å². The van der Waals surface area contributed by atoms with Crippen LogP contribution in [0.25, 0.3) is 0 Å². The molecule has 5 nitrogen and oxygen atoms in total. The molecule has 1 saturated heterocycles. The molecular formula is C18H33N5. The number of likely N-dealkylation sites (tertiary alicyclic amines) is 1. The highest BCUT2D eigenvalue weighted by Gasteiger charge is 2.30. The zero-order valence-corrected chi connectivity index (χ0v) is 15.7. The molecule has 23 heavy (non-hydrogen) atoms. The molecule has 2 heterocycles. The SMILES string of the molecule is CCNC(=NCc1c(CC)nn(C)c1CC)N1CCC(C)(C)C1. The molecule has 1 fully saturated rings. The molecular weight excluding hydrogens is 286 g/mol. The molecule has 0 amide bonds. The minimum Gasteiger partial charge on any atom is -0.357 e. The highest BCUT2D eigenvalue weighted by Crippen LogP contribution is 2.28. The van der Waals surface area contributed by atoms with Gasteiger partial charge in [0.1, 0.15) is 0 Å². The third-order valence-electron chi connectivity index (χ3n) is 4.73. The van der Waals surface area contributed by atoms with E-state index >= 15 is 0 Å². The van der Waals surface area contributed by atoms with Gasteiger partial charge < -0.3 is 10.2 Å². The van der Waals surface area contributed by atoms with Crippen LogP contribution in [-0.2, 0) is 26.4 Å². The normalized spacial score (nSPS) is 17.8. The number of nitrogens with one attached hydrogen (secondary N) is 1. The van der Waals surface area contributed by atoms with Gasteiger partial charge in [0.15, 0.2) is 5.96 Å². The summed E-state index contributed by atoms with van der Waals surface area (Å²) in [6.45, 7) is 15.0. The standard InChI is InChI=1S/C18H33N5/c1-7-15-14(16(8-2)22(6)21-15)12-20-17(19-9-3)23-11-10-18(4,5)13-23/h7-13H2,1-6H3,(H,19,20). The fraction of sp³-hybridized carbons (Fsp3) is 0.778. The lowest BCUT2D eigenvalue weighted by molar-refractivity contribution is 0.370. The first-order valence-corrected chi connectivity index (χ1v) is 8.98. The number of rotatable bonds is 5. The monoisotopic (exact) mass is 319 g/mol. The van der Waals surface area contributed by atoms with Crippen LogP contribution < -0.4 is 5.32 Å². The summed E-state index contributed by atoms with van der Waals surface area (Å²) < 4.78 is 2.02. The summed E-state index contributed by atoms with van der Waals surface area (Å²) in [5.74, 6) is 1.05. The van der Waals surface area contributed by atoms with Gasteiger partial charge in [0.2, 0.25) is 0 Å². The van der Waals surface area contributed by atoms with Crippen LogP contribution in [0.3, 0.4) is 0 Å². The van der Waals surface area contributed by atoms with E-state index in [1.807, 2.05) is 11.7 Å². The molecule has 1 aliphatic heterocycles. The Balaban J connectivity index is 2.21. The van der Waals surface area contributed by atoms with Gasteiger partial charge in [-0.2, -0.15) is 5.10 Å². The van der Waals surface area contributed by atoms with E-state index in [0.29, 0.717) is 5.41 Å². The van der Waals surface area contributed by atoms with E-state index < -0.39 is 0 Å². The number of hydrogen-bond acceptors (Lipinski definition) is 2. The molecule has 1 aromatic rings. The zero-order chi connectivity index (χ0) is 17.0. The Morgan fingerprint density at radius 1 is 1.26 bits per heavy atom.